The van der Waals surface area contributed by atoms with Gasteiger partial charge in [-0.25, -0.2) is 4.39 Å². The molecule has 0 heterocycles. The maximum atomic E-state index is 13.4. The summed E-state index contributed by atoms with van der Waals surface area (Å²) in [5, 5.41) is 0. The van der Waals surface area contributed by atoms with Crippen molar-refractivity contribution in [3.63, 3.8) is 0 Å². The molecule has 2 aromatic rings. The average molecular weight is 220 g/mol. The van der Waals surface area contributed by atoms with Crippen molar-refractivity contribution in [2.45, 2.75) is 0 Å². The largest absolute Gasteiger partial charge is 0.493 e. The van der Waals surface area contributed by atoms with E-state index in [9.17, 15) is 8.78 Å². The molecule has 0 aromatic heterocycles. The van der Waals surface area contributed by atoms with E-state index in [-0.39, 0.29) is 5.75 Å². The molecule has 0 saturated heterocycles. The lowest BCUT2D eigenvalue weighted by molar-refractivity contribution is 0.373. The highest BCUT2D eigenvalue weighted by Gasteiger charge is 2.14. The zero-order valence-electron chi connectivity index (χ0n) is 8.71. The van der Waals surface area contributed by atoms with E-state index in [1.54, 1.807) is 0 Å². The quantitative estimate of drug-likeness (QED) is 0.750. The van der Waals surface area contributed by atoms with Crippen molar-refractivity contribution in [3.8, 4) is 16.9 Å². The molecule has 0 atom stereocenters. The van der Waals surface area contributed by atoms with E-state index in [4.69, 9.17) is 4.74 Å². The monoisotopic (exact) mass is 220 g/mol. The predicted octanol–water partition coefficient (Wildman–Crippen LogP) is 3.64. The molecule has 0 aliphatic carbocycles. The second kappa shape index (κ2) is 4.31. The number of benzene rings is 2. The van der Waals surface area contributed by atoms with Crippen LogP contribution in [-0.2, 0) is 0 Å². The lowest BCUT2D eigenvalue weighted by atomic mass is 10.0. The first-order valence-corrected chi connectivity index (χ1v) is 4.81. The van der Waals surface area contributed by atoms with Crippen LogP contribution in [0.4, 0.5) is 8.78 Å². The van der Waals surface area contributed by atoms with Gasteiger partial charge < -0.3 is 4.74 Å². The molecule has 0 N–H and O–H groups in total. The lowest BCUT2D eigenvalue weighted by Gasteiger charge is -2.09. The maximum Gasteiger partial charge on any atom is 0.201 e. The van der Waals surface area contributed by atoms with E-state index in [2.05, 4.69) is 0 Å². The summed E-state index contributed by atoms with van der Waals surface area (Å²) in [4.78, 5) is 0. The zero-order valence-corrected chi connectivity index (χ0v) is 8.71. The summed E-state index contributed by atoms with van der Waals surface area (Å²) in [5.41, 5.74) is 1.33. The van der Waals surface area contributed by atoms with Crippen molar-refractivity contribution in [2.75, 3.05) is 7.11 Å². The van der Waals surface area contributed by atoms with Gasteiger partial charge in [-0.05, 0) is 17.7 Å². The number of rotatable bonds is 2. The van der Waals surface area contributed by atoms with Gasteiger partial charge in [0.1, 0.15) is 0 Å². The minimum Gasteiger partial charge on any atom is -0.493 e. The Hall–Kier alpha value is -1.90. The van der Waals surface area contributed by atoms with E-state index in [0.717, 1.165) is 11.6 Å². The second-order valence-electron chi connectivity index (χ2n) is 3.31. The predicted molar refractivity (Wildman–Crippen MR) is 58.3 cm³/mol. The van der Waals surface area contributed by atoms with Crippen LogP contribution in [0.1, 0.15) is 0 Å². The van der Waals surface area contributed by atoms with E-state index in [0.29, 0.717) is 5.56 Å². The standard InChI is InChI=1S/C13H10F2O/c1-16-13-10(7-8-11(14)12(13)15)9-5-3-2-4-6-9/h2-8H,1H3. The molecule has 0 amide bonds. The fourth-order valence-corrected chi connectivity index (χ4v) is 1.58. The van der Waals surface area contributed by atoms with Gasteiger partial charge in [0.25, 0.3) is 0 Å². The third kappa shape index (κ3) is 1.76. The van der Waals surface area contributed by atoms with E-state index < -0.39 is 11.6 Å². The van der Waals surface area contributed by atoms with E-state index >= 15 is 0 Å². The van der Waals surface area contributed by atoms with Crippen LogP contribution in [0.5, 0.6) is 5.75 Å². The Morgan fingerprint density at radius 3 is 2.25 bits per heavy atom. The third-order valence-corrected chi connectivity index (χ3v) is 2.34. The molecular formula is C13H10F2O. The molecule has 1 nitrogen and oxygen atoms in total. The maximum absolute atomic E-state index is 13.4. The minimum atomic E-state index is -0.955. The van der Waals surface area contributed by atoms with Crippen LogP contribution in [0.3, 0.4) is 0 Å². The first-order valence-electron chi connectivity index (χ1n) is 4.81. The zero-order chi connectivity index (χ0) is 11.5. The Morgan fingerprint density at radius 2 is 1.62 bits per heavy atom. The number of hydrogen-bond acceptors (Lipinski definition) is 1. The van der Waals surface area contributed by atoms with Crippen molar-refractivity contribution in [1.82, 2.24) is 0 Å². The molecule has 3 heteroatoms. The number of halogens is 2. The fourth-order valence-electron chi connectivity index (χ4n) is 1.58. The molecule has 0 aliphatic rings. The molecular weight excluding hydrogens is 210 g/mol. The van der Waals surface area contributed by atoms with Crippen LogP contribution < -0.4 is 4.74 Å². The van der Waals surface area contributed by atoms with Crippen molar-refractivity contribution in [1.29, 1.82) is 0 Å². The van der Waals surface area contributed by atoms with Gasteiger partial charge in [-0.1, -0.05) is 30.3 Å². The van der Waals surface area contributed by atoms with Crippen molar-refractivity contribution < 1.29 is 13.5 Å². The molecule has 2 aromatic carbocycles. The first-order chi connectivity index (χ1) is 7.74. The molecule has 0 saturated carbocycles. The molecule has 0 radical (unpaired) electrons. The molecule has 82 valence electrons. The average Bonchev–Trinajstić information content (AvgIpc) is 2.33. The van der Waals surface area contributed by atoms with Gasteiger partial charge in [0.15, 0.2) is 11.6 Å². The van der Waals surface area contributed by atoms with Gasteiger partial charge in [0, 0.05) is 5.56 Å². The highest BCUT2D eigenvalue weighted by molar-refractivity contribution is 5.70. The van der Waals surface area contributed by atoms with Gasteiger partial charge in [0.2, 0.25) is 5.82 Å². The summed E-state index contributed by atoms with van der Waals surface area (Å²) >= 11 is 0. The van der Waals surface area contributed by atoms with Gasteiger partial charge >= 0.3 is 0 Å². The number of methoxy groups -OCH3 is 1. The SMILES string of the molecule is COc1c(-c2ccccc2)ccc(F)c1F. The smallest absolute Gasteiger partial charge is 0.201 e. The van der Waals surface area contributed by atoms with E-state index in [1.807, 2.05) is 30.3 Å². The molecule has 2 rings (SSSR count). The van der Waals surface area contributed by atoms with Crippen molar-refractivity contribution in [2.24, 2.45) is 0 Å². The Balaban J connectivity index is 2.62. The van der Waals surface area contributed by atoms with Gasteiger partial charge in [-0.2, -0.15) is 4.39 Å². The van der Waals surface area contributed by atoms with Gasteiger partial charge in [-0.15, -0.1) is 0 Å². The first kappa shape index (κ1) is 10.6. The normalized spacial score (nSPS) is 10.2. The molecule has 16 heavy (non-hydrogen) atoms. The van der Waals surface area contributed by atoms with Gasteiger partial charge in [-0.3, -0.25) is 0 Å². The summed E-state index contributed by atoms with van der Waals surface area (Å²) in [5.74, 6) is -1.92. The van der Waals surface area contributed by atoms with Crippen molar-refractivity contribution in [3.05, 3.63) is 54.1 Å². The summed E-state index contributed by atoms with van der Waals surface area (Å²) in [6, 6.07) is 11.7. The van der Waals surface area contributed by atoms with E-state index in [1.165, 1.54) is 13.2 Å². The Labute approximate surface area is 92.3 Å². The lowest BCUT2D eigenvalue weighted by Crippen LogP contribution is -1.95. The van der Waals surface area contributed by atoms with Crippen LogP contribution in [0.15, 0.2) is 42.5 Å². The summed E-state index contributed by atoms with van der Waals surface area (Å²) in [6.45, 7) is 0. The second-order valence-corrected chi connectivity index (χ2v) is 3.31. The molecule has 0 bridgehead atoms. The third-order valence-electron chi connectivity index (χ3n) is 2.34. The minimum absolute atomic E-state index is 0.0637. The van der Waals surface area contributed by atoms with Crippen LogP contribution in [-0.4, -0.2) is 7.11 Å². The summed E-state index contributed by atoms with van der Waals surface area (Å²) < 4.78 is 31.4. The molecule has 0 fully saturated rings. The van der Waals surface area contributed by atoms with Crippen LogP contribution >= 0.6 is 0 Å². The van der Waals surface area contributed by atoms with Crippen LogP contribution in [0, 0.1) is 11.6 Å². The van der Waals surface area contributed by atoms with Crippen molar-refractivity contribution >= 4 is 0 Å². The summed E-state index contributed by atoms with van der Waals surface area (Å²) in [6.07, 6.45) is 0. The van der Waals surface area contributed by atoms with Gasteiger partial charge in [0.05, 0.1) is 7.11 Å². The molecule has 0 unspecified atom stereocenters. The van der Waals surface area contributed by atoms with Crippen LogP contribution in [0.25, 0.3) is 11.1 Å². The molecule has 0 aliphatic heterocycles. The Morgan fingerprint density at radius 1 is 0.938 bits per heavy atom. The topological polar surface area (TPSA) is 9.23 Å². The Kier molecular flexibility index (Phi) is 2.86. The number of hydrogen-bond donors (Lipinski definition) is 0. The highest BCUT2D eigenvalue weighted by Crippen LogP contribution is 2.33. The number of ether oxygens (including phenoxy) is 1. The fraction of sp³-hybridized carbons (Fsp3) is 0.0769. The summed E-state index contributed by atoms with van der Waals surface area (Å²) in [7, 11) is 1.32. The Bertz CT molecular complexity index is 495. The van der Waals surface area contributed by atoms with Crippen LogP contribution in [0.2, 0.25) is 0 Å². The highest BCUT2D eigenvalue weighted by atomic mass is 19.2. The molecule has 0 spiro atoms.